The summed E-state index contributed by atoms with van der Waals surface area (Å²) in [5.41, 5.74) is 3.67. The summed E-state index contributed by atoms with van der Waals surface area (Å²) < 4.78 is 21.3. The molecular formula is C29H32BrFN2O5. The quantitative estimate of drug-likeness (QED) is 0.282. The van der Waals surface area contributed by atoms with Crippen molar-refractivity contribution in [3.63, 3.8) is 0 Å². The second-order valence-electron chi connectivity index (χ2n) is 10.8. The Labute approximate surface area is 230 Å². The summed E-state index contributed by atoms with van der Waals surface area (Å²) in [5, 5.41) is 0. The van der Waals surface area contributed by atoms with Crippen molar-refractivity contribution < 1.29 is 28.3 Å². The number of amides is 3. The van der Waals surface area contributed by atoms with Gasteiger partial charge in [0, 0.05) is 15.6 Å². The molecule has 1 saturated carbocycles. The summed E-state index contributed by atoms with van der Waals surface area (Å²) >= 11 is 3.20. The van der Waals surface area contributed by atoms with Crippen molar-refractivity contribution in [3.8, 4) is 0 Å². The van der Waals surface area contributed by atoms with Crippen LogP contribution in [-0.2, 0) is 31.1 Å². The predicted octanol–water partition coefficient (Wildman–Crippen LogP) is 4.89. The number of halogens is 2. The van der Waals surface area contributed by atoms with E-state index in [0.717, 1.165) is 17.7 Å². The van der Waals surface area contributed by atoms with E-state index in [9.17, 15) is 23.6 Å². The fourth-order valence-electron chi connectivity index (χ4n) is 5.78. The summed E-state index contributed by atoms with van der Waals surface area (Å²) in [7, 11) is 0. The topological polar surface area (TPSA) is 107 Å². The molecule has 202 valence electrons. The fourth-order valence-corrected chi connectivity index (χ4v) is 6.11. The molecule has 38 heavy (non-hydrogen) atoms. The number of fused-ring (bicyclic) bond motifs is 1. The van der Waals surface area contributed by atoms with Gasteiger partial charge in [0.05, 0.1) is 13.0 Å². The molecular weight excluding hydrogens is 555 g/mol. The molecule has 2 N–H and O–H groups in total. The van der Waals surface area contributed by atoms with E-state index < -0.39 is 54.0 Å². The number of hydrogen-bond donors (Lipinski definition) is 1. The number of hydrogen-bond acceptors (Lipinski definition) is 5. The Balaban J connectivity index is 1.81. The Morgan fingerprint density at radius 1 is 1.18 bits per heavy atom. The zero-order valence-corrected chi connectivity index (χ0v) is 23.3. The third-order valence-electron chi connectivity index (χ3n) is 7.82. The first-order valence-electron chi connectivity index (χ1n) is 12.8. The lowest BCUT2D eigenvalue weighted by molar-refractivity contribution is -0.169. The molecule has 0 radical (unpaired) electrons. The van der Waals surface area contributed by atoms with Crippen LogP contribution in [0.1, 0.15) is 67.9 Å². The van der Waals surface area contributed by atoms with Crippen LogP contribution in [0, 0.1) is 23.6 Å². The minimum atomic E-state index is -2.16. The molecule has 2 aromatic carbocycles. The molecule has 1 heterocycles. The Morgan fingerprint density at radius 3 is 2.55 bits per heavy atom. The van der Waals surface area contributed by atoms with Gasteiger partial charge >= 0.3 is 5.97 Å². The van der Waals surface area contributed by atoms with Gasteiger partial charge in [-0.2, -0.15) is 0 Å². The predicted molar refractivity (Wildman–Crippen MR) is 142 cm³/mol. The molecule has 0 unspecified atom stereocenters. The molecule has 0 spiro atoms. The molecule has 1 aliphatic carbocycles. The summed E-state index contributed by atoms with van der Waals surface area (Å²) in [6.45, 7) is 5.79. The van der Waals surface area contributed by atoms with Gasteiger partial charge in [-0.15, -0.1) is 0 Å². The third kappa shape index (κ3) is 5.13. The smallest absolute Gasteiger partial charge is 0.327 e. The first-order chi connectivity index (χ1) is 18.0. The maximum atomic E-state index is 14.7. The molecule has 2 aliphatic rings. The molecule has 3 amide bonds. The minimum Gasteiger partial charge on any atom is -0.461 e. The minimum absolute atomic E-state index is 0.0697. The van der Waals surface area contributed by atoms with Crippen LogP contribution in [0.3, 0.4) is 0 Å². The Hall–Kier alpha value is -3.07. The molecule has 0 aromatic heterocycles. The average molecular weight is 587 g/mol. The molecule has 0 bridgehead atoms. The van der Waals surface area contributed by atoms with Crippen molar-refractivity contribution in [2.24, 2.45) is 23.5 Å². The Morgan fingerprint density at radius 2 is 1.89 bits per heavy atom. The van der Waals surface area contributed by atoms with Gasteiger partial charge in [0.25, 0.3) is 11.8 Å². The maximum Gasteiger partial charge on any atom is 0.327 e. The number of carbonyl (C=O) groups is 4. The standard InChI is InChI=1S/C29H32BrFN2O5/c1-16(2)20-11-8-17(3)12-24(20)38-28(37)29(14-25(32)34)22-7-5-4-6-21(22)26(35)33(27(29)36)15-18-9-10-19(30)13-23(18)31/h4-7,9-10,13,16-17,20,24H,8,11-12,14-15H2,1-3H3,(H2,32,34)/t17-,20+,24-,29-/m1/s1. The van der Waals surface area contributed by atoms with E-state index in [1.54, 1.807) is 18.2 Å². The number of rotatable bonds is 7. The number of benzene rings is 2. The third-order valence-corrected chi connectivity index (χ3v) is 8.32. The fraction of sp³-hybridized carbons (Fsp3) is 0.448. The van der Waals surface area contributed by atoms with E-state index in [1.165, 1.54) is 24.3 Å². The van der Waals surface area contributed by atoms with E-state index in [4.69, 9.17) is 10.5 Å². The van der Waals surface area contributed by atoms with Crippen LogP contribution in [0.5, 0.6) is 0 Å². The van der Waals surface area contributed by atoms with E-state index in [0.29, 0.717) is 16.8 Å². The molecule has 7 nitrogen and oxygen atoms in total. The van der Waals surface area contributed by atoms with E-state index in [1.807, 2.05) is 0 Å². The van der Waals surface area contributed by atoms with Crippen molar-refractivity contribution in [2.75, 3.05) is 0 Å². The molecule has 2 aromatic rings. The normalized spacial score (nSPS) is 25.3. The van der Waals surface area contributed by atoms with Gasteiger partial charge in [-0.25, -0.2) is 4.39 Å². The molecule has 4 atom stereocenters. The molecule has 0 saturated heterocycles. The first kappa shape index (κ1) is 28.0. The Bertz CT molecular complexity index is 1280. The number of primary amides is 1. The second-order valence-corrected chi connectivity index (χ2v) is 11.7. The van der Waals surface area contributed by atoms with Gasteiger partial charge in [0.1, 0.15) is 11.9 Å². The second kappa shape index (κ2) is 11.0. The summed E-state index contributed by atoms with van der Waals surface area (Å²) in [6, 6.07) is 10.4. The monoisotopic (exact) mass is 586 g/mol. The van der Waals surface area contributed by atoms with Gasteiger partial charge in [0.2, 0.25) is 5.91 Å². The number of nitrogens with zero attached hydrogens (tertiary/aromatic N) is 1. The molecule has 9 heteroatoms. The lowest BCUT2D eigenvalue weighted by atomic mass is 9.70. The number of esters is 1. The van der Waals surface area contributed by atoms with Gasteiger partial charge < -0.3 is 10.5 Å². The summed E-state index contributed by atoms with van der Waals surface area (Å²) in [5.74, 6) is -3.42. The first-order valence-corrected chi connectivity index (χ1v) is 13.6. The van der Waals surface area contributed by atoms with Crippen LogP contribution in [-0.4, -0.2) is 34.7 Å². The largest absolute Gasteiger partial charge is 0.461 e. The highest BCUT2D eigenvalue weighted by atomic mass is 79.9. The van der Waals surface area contributed by atoms with Crippen LogP contribution in [0.2, 0.25) is 0 Å². The summed E-state index contributed by atoms with van der Waals surface area (Å²) in [4.78, 5) is 55.0. The van der Waals surface area contributed by atoms with Gasteiger partial charge in [0.15, 0.2) is 5.41 Å². The number of imide groups is 1. The summed E-state index contributed by atoms with van der Waals surface area (Å²) in [6.07, 6.45) is 1.38. The number of ether oxygens (including phenoxy) is 1. The number of carbonyl (C=O) groups excluding carboxylic acids is 4. The van der Waals surface area contributed by atoms with Crippen LogP contribution in [0.25, 0.3) is 0 Å². The highest BCUT2D eigenvalue weighted by Crippen LogP contribution is 2.42. The zero-order valence-electron chi connectivity index (χ0n) is 21.7. The van der Waals surface area contributed by atoms with Crippen molar-refractivity contribution in [3.05, 3.63) is 69.4 Å². The maximum absolute atomic E-state index is 14.7. The molecule has 1 aliphatic heterocycles. The van der Waals surface area contributed by atoms with Crippen LogP contribution in [0.15, 0.2) is 46.9 Å². The number of nitrogens with two attached hydrogens (primary N) is 1. The van der Waals surface area contributed by atoms with Crippen LogP contribution in [0.4, 0.5) is 4.39 Å². The van der Waals surface area contributed by atoms with Gasteiger partial charge in [-0.1, -0.05) is 67.4 Å². The van der Waals surface area contributed by atoms with E-state index in [2.05, 4.69) is 36.7 Å². The van der Waals surface area contributed by atoms with Gasteiger partial charge in [-0.3, -0.25) is 24.1 Å². The van der Waals surface area contributed by atoms with Gasteiger partial charge in [-0.05, 0) is 54.4 Å². The van der Waals surface area contributed by atoms with Crippen molar-refractivity contribution in [2.45, 2.75) is 64.5 Å². The van der Waals surface area contributed by atoms with E-state index in [-0.39, 0.29) is 28.5 Å². The van der Waals surface area contributed by atoms with Crippen LogP contribution < -0.4 is 5.73 Å². The Kier molecular flexibility index (Phi) is 8.06. The zero-order chi connectivity index (χ0) is 27.8. The highest BCUT2D eigenvalue weighted by Gasteiger charge is 2.58. The van der Waals surface area contributed by atoms with E-state index >= 15 is 0 Å². The van der Waals surface area contributed by atoms with Crippen molar-refractivity contribution >= 4 is 39.6 Å². The molecule has 4 rings (SSSR count). The average Bonchev–Trinajstić information content (AvgIpc) is 2.85. The highest BCUT2D eigenvalue weighted by molar-refractivity contribution is 9.10. The van der Waals surface area contributed by atoms with Crippen molar-refractivity contribution in [1.29, 1.82) is 0 Å². The lowest BCUT2D eigenvalue weighted by Crippen LogP contribution is -2.60. The molecule has 1 fully saturated rings. The SMILES string of the molecule is CC(C)[C@@H]1CC[C@@H](C)C[C@H]1OC(=O)[C@@]1(CC(N)=O)C(=O)N(Cc2ccc(Br)cc2F)C(=O)c2ccccc21. The van der Waals surface area contributed by atoms with Crippen LogP contribution >= 0.6 is 15.9 Å². The lowest BCUT2D eigenvalue weighted by Gasteiger charge is -2.42. The van der Waals surface area contributed by atoms with Crippen molar-refractivity contribution in [1.82, 2.24) is 4.90 Å².